The number of aryl methyl sites for hydroxylation is 2. The van der Waals surface area contributed by atoms with Crippen molar-refractivity contribution in [3.63, 3.8) is 0 Å². The van der Waals surface area contributed by atoms with Gasteiger partial charge in [-0.2, -0.15) is 0 Å². The molecule has 0 spiro atoms. The fourth-order valence-corrected chi connectivity index (χ4v) is 1.95. The second-order valence-electron chi connectivity index (χ2n) is 4.42. The van der Waals surface area contributed by atoms with Crippen LogP contribution in [0.1, 0.15) is 36.0 Å². The average Bonchev–Trinajstić information content (AvgIpc) is 2.40. The van der Waals surface area contributed by atoms with E-state index in [0.717, 1.165) is 25.0 Å². The summed E-state index contributed by atoms with van der Waals surface area (Å²) in [6.45, 7) is 1.83. The van der Waals surface area contributed by atoms with Crippen molar-refractivity contribution in [2.24, 2.45) is 0 Å². The van der Waals surface area contributed by atoms with E-state index in [4.69, 9.17) is 0 Å². The minimum atomic E-state index is -0.490. The lowest BCUT2D eigenvalue weighted by Crippen LogP contribution is -2.03. The molecule has 1 atom stereocenters. The van der Waals surface area contributed by atoms with Crippen molar-refractivity contribution >= 4 is 0 Å². The zero-order chi connectivity index (χ0) is 12.8. The van der Waals surface area contributed by atoms with Gasteiger partial charge < -0.3 is 5.11 Å². The third-order valence-corrected chi connectivity index (χ3v) is 2.92. The molecule has 0 radical (unpaired) electrons. The van der Waals surface area contributed by atoms with Gasteiger partial charge in [0.1, 0.15) is 5.82 Å². The van der Waals surface area contributed by atoms with Gasteiger partial charge in [0, 0.05) is 6.20 Å². The van der Waals surface area contributed by atoms with Crippen molar-refractivity contribution in [3.05, 3.63) is 59.7 Å². The average molecular weight is 242 g/mol. The minimum absolute atomic E-state index is 0.490. The topological polar surface area (TPSA) is 46.0 Å². The van der Waals surface area contributed by atoms with Crippen LogP contribution in [0.15, 0.2) is 42.6 Å². The van der Waals surface area contributed by atoms with E-state index >= 15 is 0 Å². The van der Waals surface area contributed by atoms with E-state index in [9.17, 15) is 5.11 Å². The first-order valence-corrected chi connectivity index (χ1v) is 6.27. The second-order valence-corrected chi connectivity index (χ2v) is 4.42. The molecule has 1 N–H and O–H groups in total. The molecule has 2 rings (SSSR count). The Balaban J connectivity index is 1.83. The van der Waals surface area contributed by atoms with Gasteiger partial charge in [0.25, 0.3) is 0 Å². The molecule has 0 aliphatic rings. The first-order chi connectivity index (χ1) is 8.75. The highest BCUT2D eigenvalue weighted by Gasteiger charge is 2.09. The molecule has 0 bridgehead atoms. The highest BCUT2D eigenvalue weighted by atomic mass is 16.3. The van der Waals surface area contributed by atoms with Crippen molar-refractivity contribution in [2.75, 3.05) is 0 Å². The third-order valence-electron chi connectivity index (χ3n) is 2.92. The molecule has 1 unspecified atom stereocenters. The van der Waals surface area contributed by atoms with Gasteiger partial charge in [-0.05, 0) is 37.8 Å². The van der Waals surface area contributed by atoms with E-state index in [0.29, 0.717) is 5.82 Å². The number of rotatable bonds is 5. The molecule has 1 aromatic heterocycles. The fraction of sp³-hybridized carbons (Fsp3) is 0.333. The molecule has 1 heterocycles. The number of hydrogen-bond acceptors (Lipinski definition) is 3. The van der Waals surface area contributed by atoms with Crippen molar-refractivity contribution in [3.8, 4) is 0 Å². The molecule has 2 aromatic rings. The minimum Gasteiger partial charge on any atom is -0.387 e. The number of benzene rings is 1. The largest absolute Gasteiger partial charge is 0.387 e. The van der Waals surface area contributed by atoms with Gasteiger partial charge in [0.2, 0.25) is 0 Å². The maximum Gasteiger partial charge on any atom is 0.125 e. The van der Waals surface area contributed by atoms with E-state index in [-0.39, 0.29) is 0 Å². The van der Waals surface area contributed by atoms with Crippen LogP contribution < -0.4 is 0 Å². The molecule has 0 saturated heterocycles. The van der Waals surface area contributed by atoms with Crippen LogP contribution in [-0.2, 0) is 6.42 Å². The standard InChI is InChI=1S/C15H18N2O/c1-12-16-11-10-14(17-12)15(18)9-5-8-13-6-3-2-4-7-13/h2-4,6-7,10-11,15,18H,5,8-9H2,1H3. The predicted molar refractivity (Wildman–Crippen MR) is 71.1 cm³/mol. The van der Waals surface area contributed by atoms with Gasteiger partial charge in [-0.25, -0.2) is 9.97 Å². The Hall–Kier alpha value is -1.74. The summed E-state index contributed by atoms with van der Waals surface area (Å²) in [4.78, 5) is 8.27. The summed E-state index contributed by atoms with van der Waals surface area (Å²) in [6, 6.07) is 12.1. The molecular weight excluding hydrogens is 224 g/mol. The molecule has 0 aliphatic carbocycles. The molecular formula is C15H18N2O. The number of aromatic nitrogens is 2. The Kier molecular flexibility index (Phi) is 4.42. The Labute approximate surface area is 108 Å². The molecule has 0 saturated carbocycles. The van der Waals surface area contributed by atoms with Crippen LogP contribution in [-0.4, -0.2) is 15.1 Å². The van der Waals surface area contributed by atoms with Gasteiger partial charge in [0.05, 0.1) is 11.8 Å². The monoisotopic (exact) mass is 242 g/mol. The van der Waals surface area contributed by atoms with Crippen LogP contribution in [0, 0.1) is 6.92 Å². The number of hydrogen-bond donors (Lipinski definition) is 1. The molecule has 3 nitrogen and oxygen atoms in total. The molecule has 0 aliphatic heterocycles. The van der Waals surface area contributed by atoms with E-state index in [1.165, 1.54) is 5.56 Å². The van der Waals surface area contributed by atoms with Crippen molar-refractivity contribution in [1.82, 2.24) is 9.97 Å². The van der Waals surface area contributed by atoms with Gasteiger partial charge in [-0.1, -0.05) is 30.3 Å². The lowest BCUT2D eigenvalue weighted by molar-refractivity contribution is 0.159. The molecule has 94 valence electrons. The highest BCUT2D eigenvalue weighted by Crippen LogP contribution is 2.17. The smallest absolute Gasteiger partial charge is 0.125 e. The molecule has 0 amide bonds. The highest BCUT2D eigenvalue weighted by molar-refractivity contribution is 5.14. The summed E-state index contributed by atoms with van der Waals surface area (Å²) >= 11 is 0. The summed E-state index contributed by atoms with van der Waals surface area (Å²) in [5, 5.41) is 10.0. The zero-order valence-corrected chi connectivity index (χ0v) is 10.6. The normalized spacial score (nSPS) is 12.3. The van der Waals surface area contributed by atoms with Crippen LogP contribution >= 0.6 is 0 Å². The summed E-state index contributed by atoms with van der Waals surface area (Å²) in [5.74, 6) is 0.703. The Morgan fingerprint density at radius 3 is 2.67 bits per heavy atom. The Bertz CT molecular complexity index is 485. The summed E-state index contributed by atoms with van der Waals surface area (Å²) in [6.07, 6.45) is 3.87. The SMILES string of the molecule is Cc1nccc(C(O)CCCc2ccccc2)n1. The molecule has 0 fully saturated rings. The summed E-state index contributed by atoms with van der Waals surface area (Å²) < 4.78 is 0. The number of aliphatic hydroxyl groups is 1. The van der Waals surface area contributed by atoms with E-state index in [1.54, 1.807) is 12.3 Å². The van der Waals surface area contributed by atoms with Crippen molar-refractivity contribution < 1.29 is 5.11 Å². The van der Waals surface area contributed by atoms with E-state index < -0.39 is 6.10 Å². The van der Waals surface area contributed by atoms with Crippen LogP contribution in [0.4, 0.5) is 0 Å². The number of aliphatic hydroxyl groups excluding tert-OH is 1. The fourth-order valence-electron chi connectivity index (χ4n) is 1.95. The maximum atomic E-state index is 10.0. The van der Waals surface area contributed by atoms with E-state index in [1.807, 2.05) is 25.1 Å². The second kappa shape index (κ2) is 6.26. The van der Waals surface area contributed by atoms with Gasteiger partial charge in [-0.15, -0.1) is 0 Å². The zero-order valence-electron chi connectivity index (χ0n) is 10.6. The van der Waals surface area contributed by atoms with Gasteiger partial charge in [-0.3, -0.25) is 0 Å². The van der Waals surface area contributed by atoms with Crippen LogP contribution in [0.2, 0.25) is 0 Å². The van der Waals surface area contributed by atoms with Crippen LogP contribution in [0.5, 0.6) is 0 Å². The number of nitrogens with zero attached hydrogens (tertiary/aromatic N) is 2. The predicted octanol–water partition coefficient (Wildman–Crippen LogP) is 2.84. The maximum absolute atomic E-state index is 10.0. The first kappa shape index (κ1) is 12.7. The molecule has 1 aromatic carbocycles. The van der Waals surface area contributed by atoms with Crippen LogP contribution in [0.25, 0.3) is 0 Å². The molecule has 18 heavy (non-hydrogen) atoms. The Morgan fingerprint density at radius 2 is 1.94 bits per heavy atom. The van der Waals surface area contributed by atoms with Crippen LogP contribution in [0.3, 0.4) is 0 Å². The summed E-state index contributed by atoms with van der Waals surface area (Å²) in [5.41, 5.74) is 2.03. The van der Waals surface area contributed by atoms with E-state index in [2.05, 4.69) is 22.1 Å². The van der Waals surface area contributed by atoms with Gasteiger partial charge >= 0.3 is 0 Å². The third kappa shape index (κ3) is 3.64. The summed E-state index contributed by atoms with van der Waals surface area (Å²) in [7, 11) is 0. The van der Waals surface area contributed by atoms with Gasteiger partial charge in [0.15, 0.2) is 0 Å². The first-order valence-electron chi connectivity index (χ1n) is 6.27. The lowest BCUT2D eigenvalue weighted by atomic mass is 10.0. The van der Waals surface area contributed by atoms with Crippen molar-refractivity contribution in [2.45, 2.75) is 32.3 Å². The quantitative estimate of drug-likeness (QED) is 0.877. The Morgan fingerprint density at radius 1 is 1.17 bits per heavy atom. The lowest BCUT2D eigenvalue weighted by Gasteiger charge is -2.10. The van der Waals surface area contributed by atoms with Crippen molar-refractivity contribution in [1.29, 1.82) is 0 Å². The molecule has 3 heteroatoms.